The van der Waals surface area contributed by atoms with E-state index in [0.717, 1.165) is 17.0 Å². The molecule has 3 rings (SSSR count). The molecule has 8 heteroatoms. The van der Waals surface area contributed by atoms with Gasteiger partial charge in [-0.25, -0.2) is 4.98 Å². The summed E-state index contributed by atoms with van der Waals surface area (Å²) >= 11 is 0. The number of hydrogen-bond acceptors (Lipinski definition) is 7. The highest BCUT2D eigenvalue weighted by atomic mass is 16.5. The number of nitrogens with one attached hydrogen (secondary N) is 1. The maximum atomic E-state index is 5.28. The number of aromatic amines is 1. The van der Waals surface area contributed by atoms with Crippen molar-refractivity contribution < 1.29 is 9.47 Å². The second-order valence-corrected chi connectivity index (χ2v) is 4.48. The summed E-state index contributed by atoms with van der Waals surface area (Å²) < 4.78 is 10.3. The molecule has 0 bridgehead atoms. The van der Waals surface area contributed by atoms with Gasteiger partial charge >= 0.3 is 6.01 Å². The van der Waals surface area contributed by atoms with Crippen molar-refractivity contribution in [1.29, 1.82) is 0 Å². The lowest BCUT2D eigenvalue weighted by Crippen LogP contribution is -2.00. The van der Waals surface area contributed by atoms with Crippen molar-refractivity contribution in [3.05, 3.63) is 30.2 Å². The van der Waals surface area contributed by atoms with E-state index in [1.165, 1.54) is 14.2 Å². The number of H-pyrrole nitrogens is 1. The van der Waals surface area contributed by atoms with Crippen LogP contribution in [0.5, 0.6) is 11.9 Å². The quantitative estimate of drug-likeness (QED) is 0.781. The molecule has 0 aliphatic carbocycles. The number of hydrogen-bond donors (Lipinski definition) is 1. The van der Waals surface area contributed by atoms with Crippen molar-refractivity contribution in [2.24, 2.45) is 0 Å². The SMILES string of the molecule is COc1ncc(-c2cc(-c3ccn[nH]3)c(C)nn2)c(OC)n1. The molecular formula is C14H14N6O2. The molecule has 0 aliphatic heterocycles. The smallest absolute Gasteiger partial charge is 0.319 e. The van der Waals surface area contributed by atoms with Crippen LogP contribution < -0.4 is 9.47 Å². The lowest BCUT2D eigenvalue weighted by atomic mass is 10.1. The number of ether oxygens (including phenoxy) is 2. The largest absolute Gasteiger partial charge is 0.480 e. The second-order valence-electron chi connectivity index (χ2n) is 4.48. The van der Waals surface area contributed by atoms with Crippen LogP contribution in [0.25, 0.3) is 22.5 Å². The molecule has 0 aromatic carbocycles. The maximum Gasteiger partial charge on any atom is 0.319 e. The third-order valence-electron chi connectivity index (χ3n) is 3.15. The van der Waals surface area contributed by atoms with Gasteiger partial charge in [-0.1, -0.05) is 0 Å². The molecule has 0 spiro atoms. The Morgan fingerprint density at radius 1 is 1.09 bits per heavy atom. The standard InChI is InChI=1S/C14H14N6O2/c1-8-9(11-4-5-16-19-11)6-12(20-18-8)10-7-15-14(22-3)17-13(10)21-2/h4-7H,1-3H3,(H,16,19). The Bertz CT molecular complexity index is 788. The molecule has 0 aliphatic rings. The minimum atomic E-state index is 0.231. The molecule has 3 heterocycles. The molecule has 0 unspecified atom stereocenters. The van der Waals surface area contributed by atoms with Gasteiger partial charge in [0.15, 0.2) is 0 Å². The fourth-order valence-electron chi connectivity index (χ4n) is 2.04. The van der Waals surface area contributed by atoms with Crippen LogP contribution in [0.2, 0.25) is 0 Å². The molecule has 112 valence electrons. The van der Waals surface area contributed by atoms with Crippen LogP contribution >= 0.6 is 0 Å². The van der Waals surface area contributed by atoms with Crippen molar-refractivity contribution in [3.63, 3.8) is 0 Å². The fourth-order valence-corrected chi connectivity index (χ4v) is 2.04. The van der Waals surface area contributed by atoms with E-state index >= 15 is 0 Å². The molecule has 0 amide bonds. The van der Waals surface area contributed by atoms with E-state index in [1.54, 1.807) is 12.4 Å². The Balaban J connectivity index is 2.11. The average Bonchev–Trinajstić information content (AvgIpc) is 3.09. The summed E-state index contributed by atoms with van der Waals surface area (Å²) in [7, 11) is 3.03. The van der Waals surface area contributed by atoms with Gasteiger partial charge in [-0.3, -0.25) is 5.10 Å². The zero-order chi connectivity index (χ0) is 15.5. The van der Waals surface area contributed by atoms with E-state index in [0.29, 0.717) is 17.1 Å². The Morgan fingerprint density at radius 2 is 1.95 bits per heavy atom. The van der Waals surface area contributed by atoms with Gasteiger partial charge in [-0.15, -0.1) is 5.10 Å². The molecule has 0 atom stereocenters. The van der Waals surface area contributed by atoms with E-state index in [1.807, 2.05) is 19.1 Å². The number of rotatable bonds is 4. The highest BCUT2D eigenvalue weighted by Crippen LogP contribution is 2.30. The highest BCUT2D eigenvalue weighted by molar-refractivity contribution is 5.71. The number of methoxy groups -OCH3 is 2. The molecular weight excluding hydrogens is 284 g/mol. The molecule has 0 saturated carbocycles. The molecule has 3 aromatic heterocycles. The lowest BCUT2D eigenvalue weighted by Gasteiger charge is -2.09. The van der Waals surface area contributed by atoms with Crippen LogP contribution in [-0.2, 0) is 0 Å². The monoisotopic (exact) mass is 298 g/mol. The zero-order valence-corrected chi connectivity index (χ0v) is 12.4. The number of aromatic nitrogens is 6. The molecule has 0 saturated heterocycles. The van der Waals surface area contributed by atoms with Crippen LogP contribution in [0.15, 0.2) is 24.5 Å². The minimum absolute atomic E-state index is 0.231. The first-order chi connectivity index (χ1) is 10.7. The summed E-state index contributed by atoms with van der Waals surface area (Å²) in [6.07, 6.45) is 3.28. The van der Waals surface area contributed by atoms with E-state index in [-0.39, 0.29) is 6.01 Å². The first-order valence-corrected chi connectivity index (χ1v) is 6.52. The summed E-state index contributed by atoms with van der Waals surface area (Å²) in [6.45, 7) is 1.88. The van der Waals surface area contributed by atoms with E-state index in [2.05, 4.69) is 30.4 Å². The summed E-state index contributed by atoms with van der Waals surface area (Å²) in [4.78, 5) is 8.25. The third-order valence-corrected chi connectivity index (χ3v) is 3.15. The van der Waals surface area contributed by atoms with Gasteiger partial charge in [0.05, 0.1) is 31.2 Å². The predicted molar refractivity (Wildman–Crippen MR) is 78.5 cm³/mol. The minimum Gasteiger partial charge on any atom is -0.480 e. The Labute approximate surface area is 126 Å². The first kappa shape index (κ1) is 13.9. The summed E-state index contributed by atoms with van der Waals surface area (Å²) in [5, 5.41) is 15.3. The number of nitrogens with zero attached hydrogens (tertiary/aromatic N) is 5. The summed E-state index contributed by atoms with van der Waals surface area (Å²) in [6, 6.07) is 3.99. The van der Waals surface area contributed by atoms with Crippen molar-refractivity contribution in [2.75, 3.05) is 14.2 Å². The van der Waals surface area contributed by atoms with Crippen LogP contribution in [-0.4, -0.2) is 44.6 Å². The van der Waals surface area contributed by atoms with Crippen LogP contribution in [0.3, 0.4) is 0 Å². The zero-order valence-electron chi connectivity index (χ0n) is 12.4. The molecule has 3 aromatic rings. The molecule has 22 heavy (non-hydrogen) atoms. The van der Waals surface area contributed by atoms with Crippen molar-refractivity contribution in [2.45, 2.75) is 6.92 Å². The Hall–Kier alpha value is -3.03. The van der Waals surface area contributed by atoms with Gasteiger partial charge < -0.3 is 9.47 Å². The molecule has 8 nitrogen and oxygen atoms in total. The highest BCUT2D eigenvalue weighted by Gasteiger charge is 2.15. The van der Waals surface area contributed by atoms with E-state index in [4.69, 9.17) is 9.47 Å². The third kappa shape index (κ3) is 2.46. The van der Waals surface area contributed by atoms with Gasteiger partial charge in [0.2, 0.25) is 5.88 Å². The Kier molecular flexibility index (Phi) is 3.65. The van der Waals surface area contributed by atoms with Crippen molar-refractivity contribution in [3.8, 4) is 34.4 Å². The fraction of sp³-hybridized carbons (Fsp3) is 0.214. The molecule has 0 radical (unpaired) electrons. The van der Waals surface area contributed by atoms with E-state index in [9.17, 15) is 0 Å². The van der Waals surface area contributed by atoms with Gasteiger partial charge in [0.1, 0.15) is 5.69 Å². The van der Waals surface area contributed by atoms with Crippen molar-refractivity contribution in [1.82, 2.24) is 30.4 Å². The van der Waals surface area contributed by atoms with Crippen molar-refractivity contribution >= 4 is 0 Å². The normalized spacial score (nSPS) is 10.5. The summed E-state index contributed by atoms with van der Waals surface area (Å²) in [5.41, 5.74) is 3.80. The van der Waals surface area contributed by atoms with Gasteiger partial charge in [-0.05, 0) is 19.1 Å². The van der Waals surface area contributed by atoms with E-state index < -0.39 is 0 Å². The maximum absolute atomic E-state index is 5.28. The average molecular weight is 298 g/mol. The predicted octanol–water partition coefficient (Wildman–Crippen LogP) is 1.65. The van der Waals surface area contributed by atoms with Gasteiger partial charge in [0.25, 0.3) is 0 Å². The summed E-state index contributed by atoms with van der Waals surface area (Å²) in [5.74, 6) is 0.376. The number of aryl methyl sites for hydroxylation is 1. The lowest BCUT2D eigenvalue weighted by molar-refractivity contribution is 0.353. The first-order valence-electron chi connectivity index (χ1n) is 6.52. The molecule has 1 N–H and O–H groups in total. The van der Waals surface area contributed by atoms with Gasteiger partial charge in [-0.2, -0.15) is 15.2 Å². The van der Waals surface area contributed by atoms with Crippen LogP contribution in [0.1, 0.15) is 5.69 Å². The van der Waals surface area contributed by atoms with Crippen LogP contribution in [0, 0.1) is 6.92 Å². The molecule has 0 fully saturated rings. The second kappa shape index (κ2) is 5.76. The Morgan fingerprint density at radius 3 is 2.64 bits per heavy atom. The van der Waals surface area contributed by atoms with Gasteiger partial charge in [0, 0.05) is 18.0 Å². The topological polar surface area (TPSA) is 98.7 Å². The van der Waals surface area contributed by atoms with Crippen LogP contribution in [0.4, 0.5) is 0 Å².